The lowest BCUT2D eigenvalue weighted by atomic mass is 9.95. The number of nitrogens with one attached hydrogen (secondary N) is 2. The Morgan fingerprint density at radius 2 is 1.55 bits per heavy atom. The molecule has 0 bridgehead atoms. The first-order valence-electron chi connectivity index (χ1n) is 6.79. The number of amides is 2. The fourth-order valence-corrected chi connectivity index (χ4v) is 1.47. The molecule has 0 aliphatic heterocycles. The fraction of sp³-hybridized carbons (Fsp3) is 0.786. The zero-order valence-corrected chi connectivity index (χ0v) is 13.1. The van der Waals surface area contributed by atoms with E-state index in [1.54, 1.807) is 20.8 Å². The first-order chi connectivity index (χ1) is 8.95. The molecule has 0 radical (unpaired) electrons. The summed E-state index contributed by atoms with van der Waals surface area (Å²) in [4.78, 5) is 34.8. The molecule has 0 aliphatic carbocycles. The van der Waals surface area contributed by atoms with Crippen molar-refractivity contribution in [3.63, 3.8) is 0 Å². The van der Waals surface area contributed by atoms with Crippen LogP contribution in [0.4, 0.5) is 0 Å². The van der Waals surface area contributed by atoms with Crippen LogP contribution in [0.5, 0.6) is 0 Å². The molecule has 0 aliphatic rings. The van der Waals surface area contributed by atoms with Gasteiger partial charge in [0.15, 0.2) is 0 Å². The summed E-state index contributed by atoms with van der Waals surface area (Å²) in [7, 11) is 0. The molecule has 2 atom stereocenters. The molecular weight excluding hydrogens is 260 g/mol. The van der Waals surface area contributed by atoms with E-state index in [0.717, 1.165) is 0 Å². The van der Waals surface area contributed by atoms with E-state index in [2.05, 4.69) is 10.6 Å². The third-order valence-corrected chi connectivity index (χ3v) is 2.74. The molecular formula is C14H26N2O4. The number of rotatable bonds is 6. The Kier molecular flexibility index (Phi) is 6.68. The first kappa shape index (κ1) is 18.4. The van der Waals surface area contributed by atoms with Gasteiger partial charge in [0, 0.05) is 5.41 Å². The highest BCUT2D eigenvalue weighted by molar-refractivity contribution is 5.91. The van der Waals surface area contributed by atoms with E-state index < -0.39 is 29.4 Å². The Hall–Kier alpha value is -1.59. The Morgan fingerprint density at radius 1 is 1.05 bits per heavy atom. The van der Waals surface area contributed by atoms with Crippen molar-refractivity contribution >= 4 is 17.8 Å². The van der Waals surface area contributed by atoms with Gasteiger partial charge in [0.1, 0.15) is 12.1 Å². The van der Waals surface area contributed by atoms with Gasteiger partial charge in [-0.2, -0.15) is 0 Å². The van der Waals surface area contributed by atoms with Crippen LogP contribution in [-0.2, 0) is 14.4 Å². The molecule has 1 unspecified atom stereocenters. The van der Waals surface area contributed by atoms with Crippen LogP contribution in [0.3, 0.4) is 0 Å². The van der Waals surface area contributed by atoms with Gasteiger partial charge in [-0.05, 0) is 19.3 Å². The Labute approximate surface area is 120 Å². The fourth-order valence-electron chi connectivity index (χ4n) is 1.47. The van der Waals surface area contributed by atoms with Crippen molar-refractivity contribution in [3.8, 4) is 0 Å². The Balaban J connectivity index is 4.58. The summed E-state index contributed by atoms with van der Waals surface area (Å²) in [6, 6.07) is -1.70. The smallest absolute Gasteiger partial charge is 0.326 e. The van der Waals surface area contributed by atoms with E-state index in [9.17, 15) is 14.4 Å². The largest absolute Gasteiger partial charge is 0.480 e. The molecule has 0 saturated carbocycles. The molecule has 0 rings (SSSR count). The maximum absolute atomic E-state index is 11.9. The van der Waals surface area contributed by atoms with Crippen molar-refractivity contribution in [2.45, 2.75) is 60.0 Å². The van der Waals surface area contributed by atoms with Crippen molar-refractivity contribution in [2.75, 3.05) is 0 Å². The van der Waals surface area contributed by atoms with Crippen molar-refractivity contribution in [1.29, 1.82) is 0 Å². The van der Waals surface area contributed by atoms with E-state index in [1.165, 1.54) is 6.92 Å². The van der Waals surface area contributed by atoms with E-state index in [0.29, 0.717) is 6.42 Å². The molecule has 0 aromatic rings. The molecule has 0 spiro atoms. The summed E-state index contributed by atoms with van der Waals surface area (Å²) in [5, 5.41) is 14.1. The molecule has 0 saturated heterocycles. The van der Waals surface area contributed by atoms with Crippen LogP contribution < -0.4 is 10.6 Å². The van der Waals surface area contributed by atoms with Crippen molar-refractivity contribution in [2.24, 2.45) is 11.3 Å². The number of carboxylic acids is 1. The third kappa shape index (κ3) is 6.54. The number of hydrogen-bond acceptors (Lipinski definition) is 3. The third-order valence-electron chi connectivity index (χ3n) is 2.74. The second-order valence-electron chi connectivity index (χ2n) is 6.47. The number of carbonyl (C=O) groups excluding carboxylic acids is 2. The average molecular weight is 286 g/mol. The zero-order valence-electron chi connectivity index (χ0n) is 13.1. The number of aliphatic carboxylic acids is 1. The van der Waals surface area contributed by atoms with Gasteiger partial charge in [-0.3, -0.25) is 9.59 Å². The molecule has 6 heteroatoms. The van der Waals surface area contributed by atoms with Gasteiger partial charge >= 0.3 is 5.97 Å². The second-order valence-corrected chi connectivity index (χ2v) is 6.47. The Morgan fingerprint density at radius 3 is 1.90 bits per heavy atom. The normalized spacial score (nSPS) is 14.6. The standard InChI is InChI=1S/C14H26N2O4/c1-8(2)7-10(12(18)19)16-11(17)9(3)15-13(20)14(4,5)6/h8-10H,7H2,1-6H3,(H,15,20)(H,16,17)(H,18,19)/t9?,10-/m1/s1. The molecule has 2 amide bonds. The van der Waals surface area contributed by atoms with Crippen LogP contribution in [0.2, 0.25) is 0 Å². The van der Waals surface area contributed by atoms with Gasteiger partial charge in [0.2, 0.25) is 11.8 Å². The zero-order chi connectivity index (χ0) is 16.1. The average Bonchev–Trinajstić information content (AvgIpc) is 2.25. The van der Waals surface area contributed by atoms with Gasteiger partial charge in [0.05, 0.1) is 0 Å². The quantitative estimate of drug-likeness (QED) is 0.682. The minimum atomic E-state index is -1.07. The van der Waals surface area contributed by atoms with Crippen molar-refractivity contribution in [1.82, 2.24) is 10.6 Å². The van der Waals surface area contributed by atoms with Crippen LogP contribution in [-0.4, -0.2) is 35.0 Å². The number of carbonyl (C=O) groups is 3. The van der Waals surface area contributed by atoms with Gasteiger partial charge in [0.25, 0.3) is 0 Å². The summed E-state index contributed by atoms with van der Waals surface area (Å²) in [5.41, 5.74) is -0.599. The van der Waals surface area contributed by atoms with Crippen LogP contribution in [0, 0.1) is 11.3 Å². The lowest BCUT2D eigenvalue weighted by molar-refractivity contribution is -0.142. The van der Waals surface area contributed by atoms with Crippen molar-refractivity contribution < 1.29 is 19.5 Å². The summed E-state index contributed by atoms with van der Waals surface area (Å²) in [5.74, 6) is -1.66. The van der Waals surface area contributed by atoms with Gasteiger partial charge in [-0.25, -0.2) is 4.79 Å². The molecule has 0 aromatic carbocycles. The van der Waals surface area contributed by atoms with Crippen LogP contribution in [0.25, 0.3) is 0 Å². The summed E-state index contributed by atoms with van der Waals surface area (Å²) in [6.07, 6.45) is 0.348. The molecule has 116 valence electrons. The van der Waals surface area contributed by atoms with Gasteiger partial charge < -0.3 is 15.7 Å². The minimum Gasteiger partial charge on any atom is -0.480 e. The summed E-state index contributed by atoms with van der Waals surface area (Å²) >= 11 is 0. The molecule has 6 nitrogen and oxygen atoms in total. The first-order valence-corrected chi connectivity index (χ1v) is 6.79. The highest BCUT2D eigenvalue weighted by atomic mass is 16.4. The van der Waals surface area contributed by atoms with E-state index >= 15 is 0 Å². The number of hydrogen-bond donors (Lipinski definition) is 3. The maximum atomic E-state index is 11.9. The van der Waals surface area contributed by atoms with Crippen LogP contribution >= 0.6 is 0 Å². The molecule has 3 N–H and O–H groups in total. The van der Waals surface area contributed by atoms with Crippen LogP contribution in [0.15, 0.2) is 0 Å². The van der Waals surface area contributed by atoms with Crippen LogP contribution in [0.1, 0.15) is 48.0 Å². The number of carboxylic acid groups (broad SMARTS) is 1. The molecule has 0 fully saturated rings. The molecule has 0 heterocycles. The topological polar surface area (TPSA) is 95.5 Å². The van der Waals surface area contributed by atoms with E-state index in [4.69, 9.17) is 5.11 Å². The maximum Gasteiger partial charge on any atom is 0.326 e. The minimum absolute atomic E-state index is 0.149. The molecule has 20 heavy (non-hydrogen) atoms. The summed E-state index contributed by atoms with van der Waals surface area (Å²) < 4.78 is 0. The lowest BCUT2D eigenvalue weighted by Crippen LogP contribution is -2.52. The Bertz CT molecular complexity index is 372. The highest BCUT2D eigenvalue weighted by Gasteiger charge is 2.27. The summed E-state index contributed by atoms with van der Waals surface area (Å²) in [6.45, 7) is 10.5. The van der Waals surface area contributed by atoms with Gasteiger partial charge in [-0.1, -0.05) is 34.6 Å². The highest BCUT2D eigenvalue weighted by Crippen LogP contribution is 2.13. The van der Waals surface area contributed by atoms with E-state index in [-0.39, 0.29) is 11.8 Å². The van der Waals surface area contributed by atoms with Crippen molar-refractivity contribution in [3.05, 3.63) is 0 Å². The predicted molar refractivity (Wildman–Crippen MR) is 76.1 cm³/mol. The monoisotopic (exact) mass is 286 g/mol. The second kappa shape index (κ2) is 7.26. The van der Waals surface area contributed by atoms with Gasteiger partial charge in [-0.15, -0.1) is 0 Å². The predicted octanol–water partition coefficient (Wildman–Crippen LogP) is 1.15. The molecule has 0 aromatic heterocycles. The SMILES string of the molecule is CC(C)C[C@@H](NC(=O)C(C)NC(=O)C(C)(C)C)C(=O)O. The lowest BCUT2D eigenvalue weighted by Gasteiger charge is -2.23. The van der Waals surface area contributed by atoms with E-state index in [1.807, 2.05) is 13.8 Å².